The summed E-state index contributed by atoms with van der Waals surface area (Å²) in [7, 11) is 0. The summed E-state index contributed by atoms with van der Waals surface area (Å²) in [6.07, 6.45) is 3.61. The average molecular weight is 245 g/mol. The summed E-state index contributed by atoms with van der Waals surface area (Å²) >= 11 is 2.97. The van der Waals surface area contributed by atoms with Crippen molar-refractivity contribution in [2.45, 2.75) is 6.42 Å². The maximum Gasteiger partial charge on any atom is 0.251 e. The van der Waals surface area contributed by atoms with E-state index in [1.165, 1.54) is 25.1 Å². The van der Waals surface area contributed by atoms with Crippen molar-refractivity contribution in [3.8, 4) is 0 Å². The maximum atomic E-state index is 7.08. The van der Waals surface area contributed by atoms with Gasteiger partial charge in [0.2, 0.25) is 0 Å². The molecule has 0 spiro atoms. The first-order chi connectivity index (χ1) is 6.24. The molecular weight excluding hydrogens is 232 g/mol. The van der Waals surface area contributed by atoms with Crippen molar-refractivity contribution in [1.82, 2.24) is 4.90 Å². The number of halogens is 1. The van der Waals surface area contributed by atoms with Crippen LogP contribution in [0.3, 0.4) is 0 Å². The number of hydrogen-bond acceptors (Lipinski definition) is 3. The molecule has 4 heteroatoms. The standard InChI is InChI=1S/C9H13BrN2O/c10-9(11)13-6-8-3-7-1-2-12(4-7)5-8/h3,7,11H,1-2,4-6H2. The third-order valence-electron chi connectivity index (χ3n) is 2.59. The van der Waals surface area contributed by atoms with Crippen molar-refractivity contribution in [2.75, 3.05) is 26.2 Å². The van der Waals surface area contributed by atoms with Crippen LogP contribution in [0.15, 0.2) is 11.6 Å². The Kier molecular flexibility index (Phi) is 2.69. The summed E-state index contributed by atoms with van der Waals surface area (Å²) in [4.78, 5) is 2.57. The van der Waals surface area contributed by atoms with Gasteiger partial charge in [0.15, 0.2) is 0 Å². The summed E-state index contributed by atoms with van der Waals surface area (Å²) in [5, 5.41) is 7.08. The topological polar surface area (TPSA) is 36.3 Å². The number of rotatable bonds is 2. The van der Waals surface area contributed by atoms with E-state index >= 15 is 0 Å². The van der Waals surface area contributed by atoms with Crippen LogP contribution in [0.4, 0.5) is 0 Å². The van der Waals surface area contributed by atoms with E-state index in [1.54, 1.807) is 0 Å². The van der Waals surface area contributed by atoms with Crippen LogP contribution < -0.4 is 0 Å². The Bertz CT molecular complexity index is 252. The molecule has 0 aliphatic carbocycles. The lowest BCUT2D eigenvalue weighted by Crippen LogP contribution is -2.28. The highest BCUT2D eigenvalue weighted by atomic mass is 79.9. The van der Waals surface area contributed by atoms with Gasteiger partial charge in [-0.05, 0) is 24.5 Å². The predicted molar refractivity (Wildman–Crippen MR) is 55.2 cm³/mol. The van der Waals surface area contributed by atoms with Crippen LogP contribution >= 0.6 is 15.9 Å². The van der Waals surface area contributed by atoms with Crippen molar-refractivity contribution >= 4 is 20.7 Å². The van der Waals surface area contributed by atoms with Crippen LogP contribution in [0.2, 0.25) is 0 Å². The Labute approximate surface area is 86.4 Å². The quantitative estimate of drug-likeness (QED) is 0.455. The zero-order valence-corrected chi connectivity index (χ0v) is 9.01. The van der Waals surface area contributed by atoms with Crippen molar-refractivity contribution in [1.29, 1.82) is 5.41 Å². The van der Waals surface area contributed by atoms with E-state index in [2.05, 4.69) is 26.9 Å². The van der Waals surface area contributed by atoms with Gasteiger partial charge in [0.25, 0.3) is 4.81 Å². The summed E-state index contributed by atoms with van der Waals surface area (Å²) in [5.74, 6) is 0.733. The molecule has 3 nitrogen and oxygen atoms in total. The SMILES string of the molecule is N=C(Br)OCC1=CC2CCN(C1)C2. The molecule has 13 heavy (non-hydrogen) atoms. The van der Waals surface area contributed by atoms with Crippen LogP contribution in [0.5, 0.6) is 0 Å². The number of hydrogen-bond donors (Lipinski definition) is 1. The summed E-state index contributed by atoms with van der Waals surface area (Å²) in [6.45, 7) is 4.03. The Balaban J connectivity index is 1.89. The lowest BCUT2D eigenvalue weighted by atomic mass is 10.0. The van der Waals surface area contributed by atoms with E-state index in [-0.39, 0.29) is 4.81 Å². The molecule has 1 N–H and O–H groups in total. The maximum absolute atomic E-state index is 7.08. The second-order valence-corrected chi connectivity index (χ2v) is 4.39. The molecule has 2 heterocycles. The molecular formula is C9H13BrN2O. The van der Waals surface area contributed by atoms with Gasteiger partial charge in [-0.3, -0.25) is 10.3 Å². The number of nitrogens with zero attached hydrogens (tertiary/aromatic N) is 1. The molecule has 2 unspecified atom stereocenters. The van der Waals surface area contributed by atoms with E-state index < -0.39 is 0 Å². The average Bonchev–Trinajstić information content (AvgIpc) is 2.42. The minimum Gasteiger partial charge on any atom is -0.468 e. The molecule has 0 saturated carbocycles. The first-order valence-electron chi connectivity index (χ1n) is 4.53. The van der Waals surface area contributed by atoms with Gasteiger partial charge >= 0.3 is 0 Å². The summed E-state index contributed by atoms with van der Waals surface area (Å²) in [6, 6.07) is 0. The molecule has 2 bridgehead atoms. The largest absolute Gasteiger partial charge is 0.468 e. The minimum absolute atomic E-state index is 0.126. The molecule has 72 valence electrons. The Morgan fingerprint density at radius 1 is 1.77 bits per heavy atom. The fourth-order valence-corrected chi connectivity index (χ4v) is 2.18. The second-order valence-electron chi connectivity index (χ2n) is 3.67. The molecule has 2 aliphatic rings. The lowest BCUT2D eigenvalue weighted by Gasteiger charge is -2.22. The fourth-order valence-electron chi connectivity index (χ4n) is 2.07. The Morgan fingerprint density at radius 3 is 3.31 bits per heavy atom. The van der Waals surface area contributed by atoms with Gasteiger partial charge in [0.1, 0.15) is 6.61 Å². The minimum atomic E-state index is 0.126. The molecule has 2 atom stereocenters. The van der Waals surface area contributed by atoms with Crippen molar-refractivity contribution in [3.05, 3.63) is 11.6 Å². The molecule has 0 aromatic carbocycles. The molecule has 2 aliphatic heterocycles. The normalized spacial score (nSPS) is 31.3. The number of nitrogens with one attached hydrogen (secondary N) is 1. The van der Waals surface area contributed by atoms with Crippen molar-refractivity contribution < 1.29 is 4.74 Å². The zero-order chi connectivity index (χ0) is 9.26. The molecule has 0 amide bonds. The van der Waals surface area contributed by atoms with E-state index in [0.29, 0.717) is 6.61 Å². The zero-order valence-electron chi connectivity index (χ0n) is 7.42. The van der Waals surface area contributed by atoms with E-state index in [1.807, 2.05) is 0 Å². The van der Waals surface area contributed by atoms with Crippen LogP contribution in [0.1, 0.15) is 6.42 Å². The summed E-state index contributed by atoms with van der Waals surface area (Å²) < 4.78 is 5.11. The van der Waals surface area contributed by atoms with E-state index in [0.717, 1.165) is 12.5 Å². The molecule has 2 rings (SSSR count). The molecule has 0 aromatic rings. The third kappa shape index (κ3) is 2.31. The van der Waals surface area contributed by atoms with Crippen molar-refractivity contribution in [2.24, 2.45) is 5.92 Å². The number of ether oxygens (including phenoxy) is 1. The van der Waals surface area contributed by atoms with Crippen LogP contribution in [-0.4, -0.2) is 35.9 Å². The van der Waals surface area contributed by atoms with Gasteiger partial charge < -0.3 is 4.74 Å². The number of fused-ring (bicyclic) bond motifs is 2. The first kappa shape index (κ1) is 9.21. The van der Waals surface area contributed by atoms with Crippen LogP contribution in [0.25, 0.3) is 0 Å². The van der Waals surface area contributed by atoms with Crippen molar-refractivity contribution in [3.63, 3.8) is 0 Å². The van der Waals surface area contributed by atoms with Gasteiger partial charge in [-0.15, -0.1) is 0 Å². The first-order valence-corrected chi connectivity index (χ1v) is 5.32. The van der Waals surface area contributed by atoms with Gasteiger partial charge in [-0.25, -0.2) is 0 Å². The van der Waals surface area contributed by atoms with E-state index in [4.69, 9.17) is 10.1 Å². The lowest BCUT2D eigenvalue weighted by molar-refractivity contribution is 0.297. The van der Waals surface area contributed by atoms with Gasteiger partial charge in [-0.1, -0.05) is 6.08 Å². The highest BCUT2D eigenvalue weighted by Crippen LogP contribution is 2.25. The highest BCUT2D eigenvalue weighted by molar-refractivity contribution is 9.18. The molecule has 0 radical (unpaired) electrons. The van der Waals surface area contributed by atoms with Gasteiger partial charge in [0.05, 0.1) is 0 Å². The van der Waals surface area contributed by atoms with Crippen LogP contribution in [-0.2, 0) is 4.74 Å². The predicted octanol–water partition coefficient (Wildman–Crippen LogP) is 1.59. The molecule has 0 aromatic heterocycles. The second kappa shape index (κ2) is 3.80. The van der Waals surface area contributed by atoms with E-state index in [9.17, 15) is 0 Å². The Hall–Kier alpha value is -0.350. The smallest absolute Gasteiger partial charge is 0.251 e. The monoisotopic (exact) mass is 244 g/mol. The van der Waals surface area contributed by atoms with Crippen LogP contribution in [0, 0.1) is 11.3 Å². The molecule has 1 fully saturated rings. The third-order valence-corrected chi connectivity index (χ3v) is 2.82. The molecule has 1 saturated heterocycles. The Morgan fingerprint density at radius 2 is 2.62 bits per heavy atom. The summed E-state index contributed by atoms with van der Waals surface area (Å²) in [5.41, 5.74) is 1.32. The van der Waals surface area contributed by atoms with Gasteiger partial charge in [-0.2, -0.15) is 0 Å². The fraction of sp³-hybridized carbons (Fsp3) is 0.667. The highest BCUT2D eigenvalue weighted by Gasteiger charge is 2.26. The van der Waals surface area contributed by atoms with Gasteiger partial charge in [0, 0.05) is 29.0 Å².